The average Bonchev–Trinajstić information content (AvgIpc) is 2.95. The Bertz CT molecular complexity index is 1140. The van der Waals surface area contributed by atoms with E-state index in [9.17, 15) is 10.1 Å². The van der Waals surface area contributed by atoms with E-state index in [0.717, 1.165) is 16.5 Å². The lowest BCUT2D eigenvalue weighted by molar-refractivity contribution is -0.386. The molecule has 0 saturated carbocycles. The Hall–Kier alpha value is -3.68. The molecule has 0 atom stereocenters. The lowest BCUT2D eigenvalue weighted by atomic mass is 10.2. The summed E-state index contributed by atoms with van der Waals surface area (Å²) < 4.78 is 1.51. The van der Waals surface area contributed by atoms with Crippen LogP contribution in [-0.4, -0.2) is 29.7 Å². The maximum atomic E-state index is 11.4. The molecule has 3 heterocycles. The molecule has 0 radical (unpaired) electrons. The van der Waals surface area contributed by atoms with Crippen LogP contribution in [0.3, 0.4) is 0 Å². The van der Waals surface area contributed by atoms with Crippen LogP contribution in [0.1, 0.15) is 11.4 Å². The fraction of sp³-hybridized carbons (Fsp3) is 0.111. The number of aromatic nitrogens is 5. The molecule has 0 fully saturated rings. The molecule has 0 aliphatic carbocycles. The van der Waals surface area contributed by atoms with Crippen LogP contribution in [0.25, 0.3) is 28.1 Å². The van der Waals surface area contributed by atoms with Gasteiger partial charge in [-0.1, -0.05) is 12.1 Å². The van der Waals surface area contributed by atoms with Crippen LogP contribution in [0.4, 0.5) is 5.69 Å². The molecule has 128 valence electrons. The van der Waals surface area contributed by atoms with Crippen LogP contribution in [0, 0.1) is 24.0 Å². The number of rotatable bonds is 3. The number of para-hydroxylation sites is 1. The van der Waals surface area contributed by atoms with Gasteiger partial charge in [0.1, 0.15) is 11.4 Å². The largest absolute Gasteiger partial charge is 0.313 e. The zero-order valence-corrected chi connectivity index (χ0v) is 14.1. The molecule has 4 rings (SSSR count). The highest BCUT2D eigenvalue weighted by Crippen LogP contribution is 2.28. The van der Waals surface area contributed by atoms with E-state index in [-0.39, 0.29) is 5.69 Å². The Morgan fingerprint density at radius 1 is 1.08 bits per heavy atom. The fourth-order valence-corrected chi connectivity index (χ4v) is 2.95. The molecule has 0 N–H and O–H groups in total. The molecule has 8 nitrogen and oxygen atoms in total. The second-order valence-corrected chi connectivity index (χ2v) is 5.82. The molecule has 0 spiro atoms. The van der Waals surface area contributed by atoms with E-state index in [1.807, 2.05) is 36.4 Å². The van der Waals surface area contributed by atoms with Gasteiger partial charge in [-0.05, 0) is 38.1 Å². The Balaban J connectivity index is 2.04. The number of benzene rings is 1. The molecule has 0 amide bonds. The summed E-state index contributed by atoms with van der Waals surface area (Å²) in [7, 11) is 0. The van der Waals surface area contributed by atoms with E-state index in [1.54, 1.807) is 26.2 Å². The predicted molar refractivity (Wildman–Crippen MR) is 96.0 cm³/mol. The fourth-order valence-electron chi connectivity index (χ4n) is 2.95. The number of nitrogens with zero attached hydrogens (tertiary/aromatic N) is 6. The molecule has 26 heavy (non-hydrogen) atoms. The van der Waals surface area contributed by atoms with Gasteiger partial charge in [0.25, 0.3) is 0 Å². The minimum absolute atomic E-state index is 0.00405. The van der Waals surface area contributed by atoms with Crippen molar-refractivity contribution in [2.24, 2.45) is 0 Å². The summed E-state index contributed by atoms with van der Waals surface area (Å²) in [5.74, 6) is 0.991. The van der Waals surface area contributed by atoms with Crippen LogP contribution in [0.15, 0.2) is 48.8 Å². The Kier molecular flexibility index (Phi) is 3.65. The summed E-state index contributed by atoms with van der Waals surface area (Å²) in [6, 6.07) is 11.2. The van der Waals surface area contributed by atoms with Gasteiger partial charge < -0.3 is 0 Å². The molecule has 0 bridgehead atoms. The first-order chi connectivity index (χ1) is 12.6. The normalized spacial score (nSPS) is 11.0. The summed E-state index contributed by atoms with van der Waals surface area (Å²) in [6.07, 6.45) is 3.35. The van der Waals surface area contributed by atoms with Gasteiger partial charge in [0, 0.05) is 23.3 Å². The first-order valence-electron chi connectivity index (χ1n) is 7.94. The quantitative estimate of drug-likeness (QED) is 0.416. The lowest BCUT2D eigenvalue weighted by Gasteiger charge is -2.09. The van der Waals surface area contributed by atoms with Crippen LogP contribution >= 0.6 is 0 Å². The van der Waals surface area contributed by atoms with Gasteiger partial charge in [0.2, 0.25) is 0 Å². The summed E-state index contributed by atoms with van der Waals surface area (Å²) >= 11 is 0. The van der Waals surface area contributed by atoms with Crippen LogP contribution in [0.2, 0.25) is 0 Å². The van der Waals surface area contributed by atoms with E-state index in [1.165, 1.54) is 4.68 Å². The van der Waals surface area contributed by atoms with Crippen molar-refractivity contribution in [3.05, 3.63) is 70.3 Å². The summed E-state index contributed by atoms with van der Waals surface area (Å²) in [4.78, 5) is 24.3. The SMILES string of the molecule is Cc1nn(-c2nc(-c3cccnc3)nc3ccccc23)c(C)c1[N+](=O)[O-]. The van der Waals surface area contributed by atoms with Gasteiger partial charge in [0.05, 0.1) is 10.4 Å². The number of hydrogen-bond acceptors (Lipinski definition) is 6. The lowest BCUT2D eigenvalue weighted by Crippen LogP contribution is -2.06. The van der Waals surface area contributed by atoms with E-state index in [2.05, 4.69) is 20.1 Å². The third-order valence-corrected chi connectivity index (χ3v) is 4.14. The third-order valence-electron chi connectivity index (χ3n) is 4.14. The molecule has 0 saturated heterocycles. The summed E-state index contributed by atoms with van der Waals surface area (Å²) in [5, 5.41) is 16.5. The van der Waals surface area contributed by atoms with E-state index < -0.39 is 4.92 Å². The molecule has 3 aromatic heterocycles. The maximum absolute atomic E-state index is 11.4. The molecule has 0 unspecified atom stereocenters. The number of aryl methyl sites for hydroxylation is 1. The predicted octanol–water partition coefficient (Wildman–Crippen LogP) is 3.40. The van der Waals surface area contributed by atoms with Crippen molar-refractivity contribution >= 4 is 16.6 Å². The minimum atomic E-state index is -0.417. The van der Waals surface area contributed by atoms with Crippen molar-refractivity contribution < 1.29 is 4.92 Å². The summed E-state index contributed by atoms with van der Waals surface area (Å²) in [5.41, 5.74) is 2.25. The van der Waals surface area contributed by atoms with Crippen LogP contribution in [-0.2, 0) is 0 Å². The van der Waals surface area contributed by atoms with Gasteiger partial charge >= 0.3 is 5.69 Å². The highest BCUT2D eigenvalue weighted by molar-refractivity contribution is 5.87. The maximum Gasteiger partial charge on any atom is 0.313 e. The molecule has 4 aromatic rings. The topological polar surface area (TPSA) is 99.6 Å². The second kappa shape index (κ2) is 5.99. The average molecular weight is 346 g/mol. The third kappa shape index (κ3) is 2.48. The summed E-state index contributed by atoms with van der Waals surface area (Å²) in [6.45, 7) is 3.28. The molecule has 1 aromatic carbocycles. The van der Waals surface area contributed by atoms with Gasteiger partial charge in [-0.3, -0.25) is 15.1 Å². The van der Waals surface area contributed by atoms with E-state index in [4.69, 9.17) is 0 Å². The number of fused-ring (bicyclic) bond motifs is 1. The highest BCUT2D eigenvalue weighted by Gasteiger charge is 2.24. The molecule has 8 heteroatoms. The van der Waals surface area contributed by atoms with Crippen molar-refractivity contribution in [1.82, 2.24) is 24.7 Å². The van der Waals surface area contributed by atoms with Gasteiger partial charge in [-0.15, -0.1) is 0 Å². The zero-order valence-electron chi connectivity index (χ0n) is 14.1. The van der Waals surface area contributed by atoms with E-state index >= 15 is 0 Å². The smallest absolute Gasteiger partial charge is 0.264 e. The van der Waals surface area contributed by atoms with Gasteiger partial charge in [-0.25, -0.2) is 14.6 Å². The van der Waals surface area contributed by atoms with E-state index in [0.29, 0.717) is 23.0 Å². The zero-order chi connectivity index (χ0) is 18.3. The van der Waals surface area contributed by atoms with Crippen LogP contribution < -0.4 is 0 Å². The first kappa shape index (κ1) is 15.8. The van der Waals surface area contributed by atoms with Gasteiger partial charge in [0.15, 0.2) is 11.6 Å². The van der Waals surface area contributed by atoms with Crippen LogP contribution in [0.5, 0.6) is 0 Å². The number of pyridine rings is 1. The standard InChI is InChI=1S/C18H14N6O2/c1-11-16(24(25)26)12(2)23(22-11)18-14-7-3-4-8-15(14)20-17(21-18)13-6-5-9-19-10-13/h3-10H,1-2H3. The highest BCUT2D eigenvalue weighted by atomic mass is 16.6. The molecular formula is C18H14N6O2. The monoisotopic (exact) mass is 346 g/mol. The van der Waals surface area contributed by atoms with Gasteiger partial charge in [-0.2, -0.15) is 5.10 Å². The van der Waals surface area contributed by atoms with Crippen molar-refractivity contribution in [3.63, 3.8) is 0 Å². The van der Waals surface area contributed by atoms with Crippen molar-refractivity contribution in [1.29, 1.82) is 0 Å². The Labute approximate surface area is 148 Å². The Morgan fingerprint density at radius 3 is 2.58 bits per heavy atom. The Morgan fingerprint density at radius 2 is 1.88 bits per heavy atom. The second-order valence-electron chi connectivity index (χ2n) is 5.82. The minimum Gasteiger partial charge on any atom is -0.264 e. The first-order valence-corrected chi connectivity index (χ1v) is 7.94. The number of nitro groups is 1. The van der Waals surface area contributed by atoms with Crippen molar-refractivity contribution in [2.75, 3.05) is 0 Å². The number of hydrogen-bond donors (Lipinski definition) is 0. The molecular weight excluding hydrogens is 332 g/mol. The van der Waals surface area contributed by atoms with Crippen molar-refractivity contribution in [3.8, 4) is 17.2 Å². The molecule has 0 aliphatic rings. The van der Waals surface area contributed by atoms with Crippen molar-refractivity contribution in [2.45, 2.75) is 13.8 Å². The molecule has 0 aliphatic heterocycles.